The van der Waals surface area contributed by atoms with Crippen LogP contribution in [0.5, 0.6) is 5.75 Å². The van der Waals surface area contributed by atoms with E-state index in [-0.39, 0.29) is 5.75 Å². The fourth-order valence-electron chi connectivity index (χ4n) is 2.96. The van der Waals surface area contributed by atoms with Gasteiger partial charge in [-0.05, 0) is 60.0 Å². The summed E-state index contributed by atoms with van der Waals surface area (Å²) < 4.78 is 27.6. The summed E-state index contributed by atoms with van der Waals surface area (Å²) in [5, 5.41) is 7.60. The van der Waals surface area contributed by atoms with Crippen molar-refractivity contribution in [3.05, 3.63) is 94.5 Å². The van der Waals surface area contributed by atoms with Gasteiger partial charge in [0.15, 0.2) is 0 Å². The Labute approximate surface area is 198 Å². The molecule has 0 atom stereocenters. The number of nitrogens with zero attached hydrogens (tertiary/aromatic N) is 1. The van der Waals surface area contributed by atoms with Gasteiger partial charge in [0, 0.05) is 21.8 Å². The molecule has 0 aliphatic heterocycles. The van der Waals surface area contributed by atoms with E-state index in [9.17, 15) is 13.2 Å². The van der Waals surface area contributed by atoms with Crippen molar-refractivity contribution in [1.29, 1.82) is 0 Å². The number of hydrazone groups is 1. The second-order valence-electron chi connectivity index (χ2n) is 7.62. The van der Waals surface area contributed by atoms with Crippen LogP contribution in [0.15, 0.2) is 77.9 Å². The number of amides is 2. The molecule has 0 bridgehead atoms. The molecule has 0 spiro atoms. The van der Waals surface area contributed by atoms with Gasteiger partial charge in [0.2, 0.25) is 0 Å². The average Bonchev–Trinajstić information content (AvgIpc) is 2.75. The Hall–Kier alpha value is -3.36. The number of hydrogen-bond donors (Lipinski definition) is 2. The lowest BCUT2D eigenvalue weighted by atomic mass is 10.0. The molecule has 7 nitrogen and oxygen atoms in total. The molecule has 0 unspecified atom stereocenters. The topological polar surface area (TPSA) is 96.9 Å². The molecule has 2 amide bonds. The molecular weight excluding hydrogens is 462 g/mol. The number of carbonyl (C=O) groups is 1. The molecule has 33 heavy (non-hydrogen) atoms. The molecule has 3 aromatic carbocycles. The van der Waals surface area contributed by atoms with Gasteiger partial charge in [0.1, 0.15) is 5.75 Å². The molecule has 0 saturated heterocycles. The molecule has 0 fully saturated rings. The van der Waals surface area contributed by atoms with Crippen LogP contribution in [0.3, 0.4) is 0 Å². The fraction of sp³-hybridized carbons (Fsp3) is 0.167. The summed E-state index contributed by atoms with van der Waals surface area (Å²) in [5.41, 5.74) is 6.13. The first-order chi connectivity index (χ1) is 15.6. The standard InChI is InChI=1S/C24H24ClN3O4S/c1-16(2)17-6-12-21(13-7-17)26-24(29)28-27-23(18-4-10-20(25)11-5-18)19-8-14-22(15-9-19)32-33(3,30)31/h4-16H,1-3H3,(H2,26,28,29). The Morgan fingerprint density at radius 2 is 1.45 bits per heavy atom. The van der Waals surface area contributed by atoms with Gasteiger partial charge in [-0.1, -0.05) is 49.7 Å². The number of benzene rings is 3. The molecular formula is C24H24ClN3O4S. The van der Waals surface area contributed by atoms with Crippen LogP contribution < -0.4 is 14.9 Å². The molecule has 0 aliphatic carbocycles. The molecule has 3 rings (SSSR count). The number of anilines is 1. The van der Waals surface area contributed by atoms with E-state index in [1.165, 1.54) is 17.7 Å². The van der Waals surface area contributed by atoms with Crippen molar-refractivity contribution in [2.45, 2.75) is 19.8 Å². The van der Waals surface area contributed by atoms with Crippen LogP contribution in [-0.2, 0) is 10.1 Å². The molecule has 0 saturated carbocycles. The maximum absolute atomic E-state index is 12.4. The van der Waals surface area contributed by atoms with Gasteiger partial charge in [-0.15, -0.1) is 0 Å². The quantitative estimate of drug-likeness (QED) is 0.267. The maximum atomic E-state index is 12.4. The summed E-state index contributed by atoms with van der Waals surface area (Å²) in [5.74, 6) is 0.570. The Balaban J connectivity index is 1.82. The Morgan fingerprint density at radius 3 is 1.97 bits per heavy atom. The largest absolute Gasteiger partial charge is 0.383 e. The number of carbonyl (C=O) groups excluding carboxylic acids is 1. The van der Waals surface area contributed by atoms with Crippen LogP contribution in [0, 0.1) is 0 Å². The minimum absolute atomic E-state index is 0.173. The first-order valence-electron chi connectivity index (χ1n) is 10.1. The number of rotatable bonds is 7. The lowest BCUT2D eigenvalue weighted by molar-refractivity contribution is 0.252. The van der Waals surface area contributed by atoms with E-state index in [1.807, 2.05) is 24.3 Å². The summed E-state index contributed by atoms with van der Waals surface area (Å²) in [7, 11) is -3.64. The Morgan fingerprint density at radius 1 is 0.909 bits per heavy atom. The zero-order valence-corrected chi connectivity index (χ0v) is 19.9. The maximum Gasteiger partial charge on any atom is 0.339 e. The van der Waals surface area contributed by atoms with Crippen molar-refractivity contribution in [3.63, 3.8) is 0 Å². The minimum atomic E-state index is -3.64. The minimum Gasteiger partial charge on any atom is -0.383 e. The predicted octanol–water partition coefficient (Wildman–Crippen LogP) is 5.38. The van der Waals surface area contributed by atoms with E-state index in [2.05, 4.69) is 29.7 Å². The summed E-state index contributed by atoms with van der Waals surface area (Å²) in [6, 6.07) is 20.4. The highest BCUT2D eigenvalue weighted by atomic mass is 35.5. The lowest BCUT2D eigenvalue weighted by Crippen LogP contribution is -2.26. The summed E-state index contributed by atoms with van der Waals surface area (Å²) >= 11 is 6.00. The second kappa shape index (κ2) is 10.5. The van der Waals surface area contributed by atoms with Gasteiger partial charge < -0.3 is 9.50 Å². The van der Waals surface area contributed by atoms with Crippen molar-refractivity contribution in [2.75, 3.05) is 11.6 Å². The molecule has 0 heterocycles. The summed E-state index contributed by atoms with van der Waals surface area (Å²) in [4.78, 5) is 12.4. The third kappa shape index (κ3) is 7.34. The van der Waals surface area contributed by atoms with Gasteiger partial charge in [0.05, 0.1) is 12.0 Å². The van der Waals surface area contributed by atoms with Crippen molar-refractivity contribution < 1.29 is 17.4 Å². The molecule has 0 aromatic heterocycles. The average molecular weight is 486 g/mol. The van der Waals surface area contributed by atoms with E-state index < -0.39 is 16.1 Å². The molecule has 2 N–H and O–H groups in total. The van der Waals surface area contributed by atoms with E-state index in [4.69, 9.17) is 15.8 Å². The number of urea groups is 1. The normalized spacial score (nSPS) is 11.8. The van der Waals surface area contributed by atoms with Gasteiger partial charge in [0.25, 0.3) is 0 Å². The predicted molar refractivity (Wildman–Crippen MR) is 132 cm³/mol. The summed E-state index contributed by atoms with van der Waals surface area (Å²) in [6.45, 7) is 4.20. The second-order valence-corrected chi connectivity index (χ2v) is 9.63. The van der Waals surface area contributed by atoms with Crippen LogP contribution in [0.1, 0.15) is 36.5 Å². The smallest absolute Gasteiger partial charge is 0.339 e. The first kappa shape index (κ1) is 24.3. The van der Waals surface area contributed by atoms with Gasteiger partial charge in [-0.25, -0.2) is 10.2 Å². The number of nitrogens with one attached hydrogen (secondary N) is 2. The highest BCUT2D eigenvalue weighted by Crippen LogP contribution is 2.19. The Bertz CT molecular complexity index is 1240. The zero-order valence-electron chi connectivity index (χ0n) is 18.4. The van der Waals surface area contributed by atoms with Crippen LogP contribution in [0.4, 0.5) is 10.5 Å². The van der Waals surface area contributed by atoms with Crippen molar-refractivity contribution in [2.24, 2.45) is 5.10 Å². The van der Waals surface area contributed by atoms with Gasteiger partial charge in [-0.3, -0.25) is 0 Å². The SMILES string of the molecule is CC(C)c1ccc(NC(=O)NN=C(c2ccc(Cl)cc2)c2ccc(OS(C)(=O)=O)cc2)cc1. The highest BCUT2D eigenvalue weighted by molar-refractivity contribution is 7.86. The fourth-order valence-corrected chi connectivity index (χ4v) is 3.55. The van der Waals surface area contributed by atoms with Crippen LogP contribution in [0.25, 0.3) is 0 Å². The van der Waals surface area contributed by atoms with Crippen LogP contribution >= 0.6 is 11.6 Å². The van der Waals surface area contributed by atoms with Crippen LogP contribution in [-0.4, -0.2) is 26.4 Å². The molecule has 0 aliphatic rings. The Kier molecular flexibility index (Phi) is 7.73. The van der Waals surface area contributed by atoms with Gasteiger partial charge >= 0.3 is 16.1 Å². The molecule has 172 valence electrons. The molecule has 3 aromatic rings. The number of hydrogen-bond acceptors (Lipinski definition) is 5. The van der Waals surface area contributed by atoms with Crippen LogP contribution in [0.2, 0.25) is 5.02 Å². The summed E-state index contributed by atoms with van der Waals surface area (Å²) in [6.07, 6.45) is 0.973. The third-order valence-electron chi connectivity index (χ3n) is 4.60. The first-order valence-corrected chi connectivity index (χ1v) is 12.3. The van der Waals surface area contributed by atoms with Crippen molar-refractivity contribution >= 4 is 39.1 Å². The third-order valence-corrected chi connectivity index (χ3v) is 5.34. The molecule has 9 heteroatoms. The van der Waals surface area contributed by atoms with E-state index in [0.717, 1.165) is 6.26 Å². The molecule has 0 radical (unpaired) electrons. The van der Waals surface area contributed by atoms with Crippen molar-refractivity contribution in [1.82, 2.24) is 5.43 Å². The zero-order chi connectivity index (χ0) is 24.0. The van der Waals surface area contributed by atoms with E-state index in [1.54, 1.807) is 36.4 Å². The van der Waals surface area contributed by atoms with E-state index >= 15 is 0 Å². The highest BCUT2D eigenvalue weighted by Gasteiger charge is 2.11. The number of halogens is 1. The lowest BCUT2D eigenvalue weighted by Gasteiger charge is -2.11. The van der Waals surface area contributed by atoms with Gasteiger partial charge in [-0.2, -0.15) is 13.5 Å². The van der Waals surface area contributed by atoms with E-state index in [0.29, 0.717) is 33.5 Å². The van der Waals surface area contributed by atoms with Crippen molar-refractivity contribution in [3.8, 4) is 5.75 Å². The monoisotopic (exact) mass is 485 g/mol.